The van der Waals surface area contributed by atoms with Gasteiger partial charge in [-0.05, 0) is 12.0 Å². The molecule has 0 radical (unpaired) electrons. The quantitative estimate of drug-likeness (QED) is 0.826. The van der Waals surface area contributed by atoms with Crippen LogP contribution in [0.1, 0.15) is 19.4 Å². The van der Waals surface area contributed by atoms with E-state index in [9.17, 15) is 9.90 Å². The average molecular weight is 218 g/mol. The number of carboxylic acid groups (broad SMARTS) is 1. The topological polar surface area (TPSA) is 46.5 Å². The van der Waals surface area contributed by atoms with Crippen LogP contribution in [0.4, 0.5) is 0 Å². The lowest BCUT2D eigenvalue weighted by molar-refractivity contribution is -0.139. The molecule has 1 aromatic rings. The number of hydrogen-bond acceptors (Lipinski definition) is 2. The Morgan fingerprint density at radius 1 is 1.44 bits per heavy atom. The van der Waals surface area contributed by atoms with Crippen LogP contribution >= 0.6 is 0 Å². The van der Waals surface area contributed by atoms with Crippen molar-refractivity contribution in [3.63, 3.8) is 0 Å². The summed E-state index contributed by atoms with van der Waals surface area (Å²) in [7, 11) is 0. The highest BCUT2D eigenvalue weighted by molar-refractivity contribution is 5.81. The van der Waals surface area contributed by atoms with E-state index in [2.05, 4.69) is 13.8 Å². The number of fused-ring (bicyclic) bond motifs is 3. The van der Waals surface area contributed by atoms with E-state index in [0.29, 0.717) is 0 Å². The summed E-state index contributed by atoms with van der Waals surface area (Å²) in [6.07, 6.45) is -0.164. The highest BCUT2D eigenvalue weighted by Crippen LogP contribution is 2.66. The van der Waals surface area contributed by atoms with E-state index in [0.717, 1.165) is 11.3 Å². The van der Waals surface area contributed by atoms with Gasteiger partial charge in [0.15, 0.2) is 0 Å². The van der Waals surface area contributed by atoms with Gasteiger partial charge in [0, 0.05) is 5.56 Å². The van der Waals surface area contributed by atoms with Gasteiger partial charge in [0.2, 0.25) is 0 Å². The standard InChI is InChI=1S/C13H14O3/c1-7(2)13-8-5-3-4-6-9(8)16-11(13)10(13)12(14)15/h3-7,10-11H,1-2H3,(H,14,15). The molecule has 0 saturated heterocycles. The van der Waals surface area contributed by atoms with Crippen molar-refractivity contribution in [2.24, 2.45) is 11.8 Å². The summed E-state index contributed by atoms with van der Waals surface area (Å²) in [5.41, 5.74) is 0.782. The lowest BCUT2D eigenvalue weighted by atomic mass is 9.83. The number of ether oxygens (including phenoxy) is 1. The van der Waals surface area contributed by atoms with Gasteiger partial charge in [0.05, 0.1) is 5.41 Å². The Bertz CT molecular complexity index is 466. The maximum Gasteiger partial charge on any atom is 0.311 e. The smallest absolute Gasteiger partial charge is 0.311 e. The first-order valence-electron chi connectivity index (χ1n) is 5.59. The lowest BCUT2D eigenvalue weighted by Gasteiger charge is -2.18. The molecule has 0 spiro atoms. The molecule has 0 amide bonds. The number of para-hydroxylation sites is 1. The molecule has 1 fully saturated rings. The number of aliphatic carboxylic acids is 1. The van der Waals surface area contributed by atoms with Crippen LogP contribution in [-0.2, 0) is 10.2 Å². The van der Waals surface area contributed by atoms with Gasteiger partial charge in [-0.1, -0.05) is 32.0 Å². The molecule has 1 N–H and O–H groups in total. The number of benzene rings is 1. The fraction of sp³-hybridized carbons (Fsp3) is 0.462. The molecule has 3 unspecified atom stereocenters. The number of carbonyl (C=O) groups is 1. The molecule has 1 aromatic carbocycles. The minimum absolute atomic E-state index is 0.164. The van der Waals surface area contributed by atoms with Crippen molar-refractivity contribution < 1.29 is 14.6 Å². The second-order valence-electron chi connectivity index (χ2n) is 4.94. The van der Waals surface area contributed by atoms with Crippen molar-refractivity contribution in [2.75, 3.05) is 0 Å². The van der Waals surface area contributed by atoms with Gasteiger partial charge >= 0.3 is 5.97 Å². The van der Waals surface area contributed by atoms with Crippen molar-refractivity contribution in [1.82, 2.24) is 0 Å². The van der Waals surface area contributed by atoms with Gasteiger partial charge < -0.3 is 9.84 Å². The van der Waals surface area contributed by atoms with Crippen LogP contribution in [0.15, 0.2) is 24.3 Å². The first kappa shape index (κ1) is 9.70. The number of hydrogen-bond donors (Lipinski definition) is 1. The first-order chi connectivity index (χ1) is 7.60. The molecule has 16 heavy (non-hydrogen) atoms. The molecule has 84 valence electrons. The zero-order chi connectivity index (χ0) is 11.5. The Morgan fingerprint density at radius 3 is 2.75 bits per heavy atom. The number of rotatable bonds is 2. The first-order valence-corrected chi connectivity index (χ1v) is 5.59. The Kier molecular flexibility index (Phi) is 1.69. The lowest BCUT2D eigenvalue weighted by Crippen LogP contribution is -2.21. The van der Waals surface area contributed by atoms with Gasteiger partial charge in [-0.2, -0.15) is 0 Å². The molecule has 1 heterocycles. The summed E-state index contributed by atoms with van der Waals surface area (Å²) in [4.78, 5) is 11.2. The molecule has 1 aliphatic carbocycles. The fourth-order valence-corrected chi connectivity index (χ4v) is 3.26. The van der Waals surface area contributed by atoms with Crippen molar-refractivity contribution in [3.05, 3.63) is 29.8 Å². The van der Waals surface area contributed by atoms with Crippen LogP contribution in [0.5, 0.6) is 5.75 Å². The summed E-state index contributed by atoms with van der Waals surface area (Å²) in [6.45, 7) is 4.14. The van der Waals surface area contributed by atoms with E-state index in [4.69, 9.17) is 4.74 Å². The molecule has 0 bridgehead atoms. The normalized spacial score (nSPS) is 34.2. The van der Waals surface area contributed by atoms with Crippen molar-refractivity contribution in [3.8, 4) is 5.75 Å². The molecule has 3 rings (SSSR count). The van der Waals surface area contributed by atoms with Gasteiger partial charge in [-0.25, -0.2) is 0 Å². The van der Waals surface area contributed by atoms with E-state index in [1.807, 2.05) is 24.3 Å². The second-order valence-corrected chi connectivity index (χ2v) is 4.94. The van der Waals surface area contributed by atoms with Gasteiger partial charge in [-0.3, -0.25) is 4.79 Å². The van der Waals surface area contributed by atoms with Crippen LogP contribution in [0, 0.1) is 11.8 Å². The fourth-order valence-electron chi connectivity index (χ4n) is 3.26. The van der Waals surface area contributed by atoms with Crippen molar-refractivity contribution in [1.29, 1.82) is 0 Å². The summed E-state index contributed by atoms with van der Waals surface area (Å²) >= 11 is 0. The third kappa shape index (κ3) is 0.872. The molecule has 1 saturated carbocycles. The summed E-state index contributed by atoms with van der Waals surface area (Å²) in [6, 6.07) is 7.79. The number of carboxylic acids is 1. The molecule has 2 aliphatic rings. The van der Waals surface area contributed by atoms with E-state index in [1.165, 1.54) is 0 Å². The van der Waals surface area contributed by atoms with E-state index in [-0.39, 0.29) is 23.4 Å². The maximum absolute atomic E-state index is 11.2. The summed E-state index contributed by atoms with van der Waals surface area (Å²) in [5.74, 6) is 0.0246. The molecular weight excluding hydrogens is 204 g/mol. The Hall–Kier alpha value is -1.51. The molecule has 0 aromatic heterocycles. The van der Waals surface area contributed by atoms with Crippen LogP contribution in [0.3, 0.4) is 0 Å². The largest absolute Gasteiger partial charge is 0.488 e. The van der Waals surface area contributed by atoms with E-state index in [1.54, 1.807) is 0 Å². The summed E-state index contributed by atoms with van der Waals surface area (Å²) in [5, 5.41) is 9.22. The highest BCUT2D eigenvalue weighted by atomic mass is 16.5. The third-order valence-electron chi connectivity index (χ3n) is 4.01. The van der Waals surface area contributed by atoms with Gasteiger partial charge in [0.25, 0.3) is 0 Å². The predicted molar refractivity (Wildman–Crippen MR) is 58.5 cm³/mol. The minimum atomic E-state index is -0.742. The Morgan fingerprint density at radius 2 is 2.12 bits per heavy atom. The monoisotopic (exact) mass is 218 g/mol. The van der Waals surface area contributed by atoms with Crippen molar-refractivity contribution in [2.45, 2.75) is 25.4 Å². The molecule has 3 atom stereocenters. The Balaban J connectivity index is 2.13. The third-order valence-corrected chi connectivity index (χ3v) is 4.01. The van der Waals surface area contributed by atoms with Crippen LogP contribution in [0.2, 0.25) is 0 Å². The van der Waals surface area contributed by atoms with Gasteiger partial charge in [-0.15, -0.1) is 0 Å². The SMILES string of the molecule is CC(C)C12c3ccccc3OC1C2C(=O)O. The molecule has 1 aliphatic heterocycles. The van der Waals surface area contributed by atoms with E-state index >= 15 is 0 Å². The van der Waals surface area contributed by atoms with Crippen LogP contribution in [-0.4, -0.2) is 17.2 Å². The second kappa shape index (κ2) is 2.78. The minimum Gasteiger partial charge on any atom is -0.488 e. The predicted octanol–water partition coefficient (Wildman–Crippen LogP) is 2.06. The maximum atomic E-state index is 11.2. The zero-order valence-corrected chi connectivity index (χ0v) is 9.31. The van der Waals surface area contributed by atoms with Crippen LogP contribution < -0.4 is 4.74 Å². The molecule has 3 heteroatoms. The molecular formula is C13H14O3. The van der Waals surface area contributed by atoms with E-state index < -0.39 is 5.97 Å². The zero-order valence-electron chi connectivity index (χ0n) is 9.31. The van der Waals surface area contributed by atoms with Crippen molar-refractivity contribution >= 4 is 5.97 Å². The summed E-state index contributed by atoms with van der Waals surface area (Å²) < 4.78 is 5.74. The van der Waals surface area contributed by atoms with Gasteiger partial charge in [0.1, 0.15) is 17.8 Å². The van der Waals surface area contributed by atoms with Crippen LogP contribution in [0.25, 0.3) is 0 Å². The highest BCUT2D eigenvalue weighted by Gasteiger charge is 2.76. The average Bonchev–Trinajstić information content (AvgIpc) is 2.79. The Labute approximate surface area is 94.0 Å². The molecule has 3 nitrogen and oxygen atoms in total.